The zero-order valence-corrected chi connectivity index (χ0v) is 6.55. The molecule has 0 aliphatic rings. The maximum Gasteiger partial charge on any atom is 0.341 e. The molecule has 14 heavy (non-hydrogen) atoms. The number of hydrogen-bond donors (Lipinski definition) is 2. The summed E-state index contributed by atoms with van der Waals surface area (Å²) in [5, 5.41) is 8.38. The lowest BCUT2D eigenvalue weighted by Crippen LogP contribution is -2.20. The third-order valence-corrected chi connectivity index (χ3v) is 1.49. The molecule has 0 aliphatic heterocycles. The largest absolute Gasteiger partial charge is 0.477 e. The Morgan fingerprint density at radius 3 is 2.50 bits per heavy atom. The lowest BCUT2D eigenvalue weighted by Gasteiger charge is -2.01. The average molecular weight is 207 g/mol. The Morgan fingerprint density at radius 1 is 1.50 bits per heavy atom. The van der Waals surface area contributed by atoms with Crippen molar-refractivity contribution in [3.05, 3.63) is 33.5 Å². The van der Waals surface area contributed by atoms with Crippen LogP contribution in [-0.2, 0) is 0 Å². The predicted octanol–water partition coefficient (Wildman–Crippen LogP) is 1.15. The second-order valence-corrected chi connectivity index (χ2v) is 2.39. The van der Waals surface area contributed by atoms with Crippen molar-refractivity contribution in [3.63, 3.8) is 0 Å². The smallest absolute Gasteiger partial charge is 0.341 e. The number of aromatic nitrogens is 1. The first-order valence-electron chi connectivity index (χ1n) is 3.37. The number of halogens is 3. The molecule has 0 unspecified atom stereocenters. The molecule has 0 fully saturated rings. The van der Waals surface area contributed by atoms with Crippen molar-refractivity contribution in [2.75, 3.05) is 0 Å². The summed E-state index contributed by atoms with van der Waals surface area (Å²) in [4.78, 5) is 22.4. The van der Waals surface area contributed by atoms with E-state index in [-0.39, 0.29) is 0 Å². The minimum atomic E-state index is -3.18. The van der Waals surface area contributed by atoms with E-state index in [2.05, 4.69) is 0 Å². The summed E-state index contributed by atoms with van der Waals surface area (Å²) >= 11 is 0. The second kappa shape index (κ2) is 3.52. The fraction of sp³-hybridized carbons (Fsp3) is 0.143. The minimum absolute atomic E-state index is 0.321. The summed E-state index contributed by atoms with van der Waals surface area (Å²) in [6.45, 7) is 0. The molecule has 7 heteroatoms. The number of carboxylic acid groups (broad SMARTS) is 1. The van der Waals surface area contributed by atoms with Crippen molar-refractivity contribution in [1.82, 2.24) is 4.98 Å². The van der Waals surface area contributed by atoms with Gasteiger partial charge in [-0.05, 0) is 6.07 Å². The molecule has 0 saturated heterocycles. The molecule has 1 aromatic heterocycles. The summed E-state index contributed by atoms with van der Waals surface area (Å²) in [6.07, 6.45) is -3.18. The van der Waals surface area contributed by atoms with E-state index in [1.165, 1.54) is 4.98 Å². The number of carboxylic acids is 1. The van der Waals surface area contributed by atoms with E-state index in [4.69, 9.17) is 5.11 Å². The highest BCUT2D eigenvalue weighted by Crippen LogP contribution is 2.20. The van der Waals surface area contributed by atoms with Crippen LogP contribution in [0.15, 0.2) is 10.9 Å². The number of hydrogen-bond acceptors (Lipinski definition) is 2. The molecule has 0 spiro atoms. The molecule has 2 N–H and O–H groups in total. The number of rotatable bonds is 2. The Bertz CT molecular complexity index is 427. The number of aromatic amines is 1. The van der Waals surface area contributed by atoms with E-state index >= 15 is 0 Å². The van der Waals surface area contributed by atoms with Crippen LogP contribution in [0, 0.1) is 5.95 Å². The van der Waals surface area contributed by atoms with Gasteiger partial charge in [-0.3, -0.25) is 9.78 Å². The quantitative estimate of drug-likeness (QED) is 0.714. The molecule has 0 atom stereocenters. The fourth-order valence-corrected chi connectivity index (χ4v) is 0.841. The van der Waals surface area contributed by atoms with E-state index in [0.717, 1.165) is 0 Å². The normalized spacial score (nSPS) is 10.6. The van der Waals surface area contributed by atoms with Gasteiger partial charge >= 0.3 is 5.97 Å². The topological polar surface area (TPSA) is 70.2 Å². The molecule has 0 radical (unpaired) electrons. The van der Waals surface area contributed by atoms with Gasteiger partial charge in [0.1, 0.15) is 5.56 Å². The summed E-state index contributed by atoms with van der Waals surface area (Å²) in [5.41, 5.74) is -3.30. The number of H-pyrrole nitrogens is 1. The van der Waals surface area contributed by atoms with Gasteiger partial charge in [-0.25, -0.2) is 13.6 Å². The fourth-order valence-electron chi connectivity index (χ4n) is 0.841. The van der Waals surface area contributed by atoms with Gasteiger partial charge in [0.05, 0.1) is 5.56 Å². The van der Waals surface area contributed by atoms with Crippen molar-refractivity contribution in [2.24, 2.45) is 0 Å². The first-order chi connectivity index (χ1) is 6.43. The van der Waals surface area contributed by atoms with Crippen LogP contribution in [0.3, 0.4) is 0 Å². The molecule has 1 rings (SSSR count). The number of pyridine rings is 1. The van der Waals surface area contributed by atoms with Crippen LogP contribution in [0.1, 0.15) is 22.3 Å². The van der Waals surface area contributed by atoms with Crippen molar-refractivity contribution in [3.8, 4) is 0 Å². The Kier molecular flexibility index (Phi) is 2.59. The molecule has 1 aromatic rings. The van der Waals surface area contributed by atoms with Crippen molar-refractivity contribution in [1.29, 1.82) is 0 Å². The summed E-state index contributed by atoms with van der Waals surface area (Å²) in [5.74, 6) is -3.21. The molecule has 0 saturated carbocycles. The van der Waals surface area contributed by atoms with E-state index in [0.29, 0.717) is 6.07 Å². The lowest BCUT2D eigenvalue weighted by atomic mass is 10.2. The molecule has 4 nitrogen and oxygen atoms in total. The number of alkyl halides is 2. The van der Waals surface area contributed by atoms with Crippen LogP contribution in [-0.4, -0.2) is 16.1 Å². The molecule has 1 heterocycles. The Balaban J connectivity index is 3.42. The van der Waals surface area contributed by atoms with Crippen LogP contribution in [0.5, 0.6) is 0 Å². The highest BCUT2D eigenvalue weighted by atomic mass is 19.3. The van der Waals surface area contributed by atoms with Crippen LogP contribution < -0.4 is 5.56 Å². The number of carbonyl (C=O) groups is 1. The van der Waals surface area contributed by atoms with E-state index < -0.39 is 35.0 Å². The summed E-state index contributed by atoms with van der Waals surface area (Å²) < 4.78 is 36.7. The third kappa shape index (κ3) is 1.76. The highest BCUT2D eigenvalue weighted by Gasteiger charge is 2.19. The van der Waals surface area contributed by atoms with Gasteiger partial charge in [0.15, 0.2) is 0 Å². The monoisotopic (exact) mass is 207 g/mol. The van der Waals surface area contributed by atoms with Gasteiger partial charge in [-0.2, -0.15) is 4.39 Å². The van der Waals surface area contributed by atoms with Crippen LogP contribution in [0.2, 0.25) is 0 Å². The van der Waals surface area contributed by atoms with Crippen LogP contribution >= 0.6 is 0 Å². The number of aromatic carboxylic acids is 1. The van der Waals surface area contributed by atoms with Crippen LogP contribution in [0.4, 0.5) is 13.2 Å². The molecule has 0 amide bonds. The summed E-state index contributed by atoms with van der Waals surface area (Å²) in [7, 11) is 0. The average Bonchev–Trinajstić information content (AvgIpc) is 2.02. The zero-order valence-electron chi connectivity index (χ0n) is 6.55. The maximum absolute atomic E-state index is 12.6. The minimum Gasteiger partial charge on any atom is -0.477 e. The summed E-state index contributed by atoms with van der Waals surface area (Å²) in [6, 6.07) is 0.321. The Hall–Kier alpha value is -1.79. The van der Waals surface area contributed by atoms with Gasteiger partial charge in [-0.1, -0.05) is 0 Å². The van der Waals surface area contributed by atoms with Crippen molar-refractivity contribution in [2.45, 2.75) is 6.43 Å². The van der Waals surface area contributed by atoms with Crippen LogP contribution in [0.25, 0.3) is 0 Å². The van der Waals surface area contributed by atoms with E-state index in [1.807, 2.05) is 0 Å². The van der Waals surface area contributed by atoms with Gasteiger partial charge < -0.3 is 5.11 Å². The maximum atomic E-state index is 12.6. The third-order valence-electron chi connectivity index (χ3n) is 1.49. The molecule has 0 aliphatic carbocycles. The predicted molar refractivity (Wildman–Crippen MR) is 38.9 cm³/mol. The highest BCUT2D eigenvalue weighted by molar-refractivity contribution is 5.87. The SMILES string of the molecule is O=C(O)c1cc(C(F)F)c(F)[nH]c1=O. The van der Waals surface area contributed by atoms with Crippen molar-refractivity contribution >= 4 is 5.97 Å². The molecule has 0 bridgehead atoms. The number of nitrogens with one attached hydrogen (secondary N) is 1. The molecular weight excluding hydrogens is 203 g/mol. The molecule has 0 aromatic carbocycles. The van der Waals surface area contributed by atoms with Crippen molar-refractivity contribution < 1.29 is 23.1 Å². The lowest BCUT2D eigenvalue weighted by molar-refractivity contribution is 0.0694. The van der Waals surface area contributed by atoms with E-state index in [1.54, 1.807) is 0 Å². The van der Waals surface area contributed by atoms with Gasteiger partial charge in [-0.15, -0.1) is 0 Å². The first kappa shape index (κ1) is 10.3. The zero-order chi connectivity index (χ0) is 10.9. The Morgan fingerprint density at radius 2 is 2.07 bits per heavy atom. The van der Waals surface area contributed by atoms with Gasteiger partial charge in [0.25, 0.3) is 12.0 Å². The molecular formula is C7H4F3NO3. The van der Waals surface area contributed by atoms with E-state index in [9.17, 15) is 22.8 Å². The standard InChI is InChI=1S/C7H4F3NO3/c8-4(9)2-1-3(7(13)14)6(12)11-5(2)10/h1,4H,(H,11,12)(H,13,14). The second-order valence-electron chi connectivity index (χ2n) is 2.39. The first-order valence-corrected chi connectivity index (χ1v) is 3.37. The van der Waals surface area contributed by atoms with Gasteiger partial charge in [0.2, 0.25) is 5.95 Å². The molecule has 76 valence electrons. The van der Waals surface area contributed by atoms with Gasteiger partial charge in [0, 0.05) is 0 Å². The Labute approximate surface area is 75.0 Å².